The van der Waals surface area contributed by atoms with Gasteiger partial charge in [0, 0.05) is 5.56 Å². The molecule has 0 saturated carbocycles. The Balaban J connectivity index is 3.23. The van der Waals surface area contributed by atoms with E-state index in [0.717, 1.165) is 0 Å². The highest BCUT2D eigenvalue weighted by molar-refractivity contribution is 7.92. The lowest BCUT2D eigenvalue weighted by Crippen LogP contribution is -2.27. The topological polar surface area (TPSA) is 105 Å². The van der Waals surface area contributed by atoms with Crippen molar-refractivity contribution in [2.75, 3.05) is 17.6 Å². The van der Waals surface area contributed by atoms with Crippen molar-refractivity contribution in [1.82, 2.24) is 0 Å². The van der Waals surface area contributed by atoms with E-state index in [1.165, 1.54) is 7.11 Å². The van der Waals surface area contributed by atoms with Crippen LogP contribution in [0, 0.1) is 10.8 Å². The minimum Gasteiger partial charge on any atom is -0.495 e. The SMILES string of the molecule is COc1cccc(C(=N)N)c1NS(=O)(=O)CC(C)(C)C. The molecule has 1 rings (SSSR count). The van der Waals surface area contributed by atoms with E-state index >= 15 is 0 Å². The quantitative estimate of drug-likeness (QED) is 0.569. The molecule has 4 N–H and O–H groups in total. The van der Waals surface area contributed by atoms with Crippen LogP contribution in [0.5, 0.6) is 5.75 Å². The Morgan fingerprint density at radius 1 is 1.40 bits per heavy atom. The van der Waals surface area contributed by atoms with Gasteiger partial charge < -0.3 is 10.5 Å². The van der Waals surface area contributed by atoms with Crippen LogP contribution in [0.15, 0.2) is 18.2 Å². The Morgan fingerprint density at radius 2 is 2.00 bits per heavy atom. The number of hydrogen-bond acceptors (Lipinski definition) is 4. The van der Waals surface area contributed by atoms with Gasteiger partial charge in [-0.2, -0.15) is 0 Å². The van der Waals surface area contributed by atoms with Crippen LogP contribution in [0.2, 0.25) is 0 Å². The van der Waals surface area contributed by atoms with Gasteiger partial charge in [-0.3, -0.25) is 10.1 Å². The van der Waals surface area contributed by atoms with Gasteiger partial charge >= 0.3 is 0 Å². The zero-order valence-electron chi connectivity index (χ0n) is 12.1. The number of methoxy groups -OCH3 is 1. The average molecular weight is 299 g/mol. The predicted molar refractivity (Wildman–Crippen MR) is 80.9 cm³/mol. The van der Waals surface area contributed by atoms with Gasteiger partial charge in [-0.05, 0) is 17.5 Å². The van der Waals surface area contributed by atoms with E-state index in [-0.39, 0.29) is 22.7 Å². The number of anilines is 1. The molecule has 20 heavy (non-hydrogen) atoms. The normalized spacial score (nSPS) is 12.0. The van der Waals surface area contributed by atoms with Gasteiger partial charge in [-0.1, -0.05) is 26.8 Å². The van der Waals surface area contributed by atoms with Crippen LogP contribution in [0.1, 0.15) is 26.3 Å². The molecule has 0 aliphatic carbocycles. The van der Waals surface area contributed by atoms with Crippen molar-refractivity contribution in [1.29, 1.82) is 5.41 Å². The summed E-state index contributed by atoms with van der Waals surface area (Å²) < 4.78 is 32.0. The number of hydrogen-bond donors (Lipinski definition) is 3. The number of rotatable bonds is 5. The molecule has 1 aromatic rings. The van der Waals surface area contributed by atoms with Gasteiger partial charge in [0.15, 0.2) is 0 Å². The number of ether oxygens (including phenoxy) is 1. The molecule has 0 fully saturated rings. The molecule has 0 unspecified atom stereocenters. The van der Waals surface area contributed by atoms with E-state index in [9.17, 15) is 8.42 Å². The summed E-state index contributed by atoms with van der Waals surface area (Å²) >= 11 is 0. The maximum atomic E-state index is 12.2. The van der Waals surface area contributed by atoms with E-state index in [2.05, 4.69) is 4.72 Å². The summed E-state index contributed by atoms with van der Waals surface area (Å²) in [5.74, 6) is 0.0580. The first-order valence-corrected chi connectivity index (χ1v) is 7.73. The molecule has 0 aromatic heterocycles. The van der Waals surface area contributed by atoms with Gasteiger partial charge in [0.1, 0.15) is 17.3 Å². The predicted octanol–water partition coefficient (Wildman–Crippen LogP) is 1.77. The van der Waals surface area contributed by atoms with E-state index < -0.39 is 10.0 Å². The van der Waals surface area contributed by atoms with Gasteiger partial charge in [-0.15, -0.1) is 0 Å². The second kappa shape index (κ2) is 5.70. The Bertz CT molecular complexity index is 604. The van der Waals surface area contributed by atoms with Crippen LogP contribution in [-0.2, 0) is 10.0 Å². The Morgan fingerprint density at radius 3 is 2.45 bits per heavy atom. The lowest BCUT2D eigenvalue weighted by molar-refractivity contribution is 0.416. The highest BCUT2D eigenvalue weighted by Gasteiger charge is 2.24. The van der Waals surface area contributed by atoms with Crippen molar-refractivity contribution in [2.24, 2.45) is 11.1 Å². The second-order valence-electron chi connectivity index (χ2n) is 5.72. The van der Waals surface area contributed by atoms with Gasteiger partial charge in [0.25, 0.3) is 0 Å². The Hall–Kier alpha value is -1.76. The van der Waals surface area contributed by atoms with Crippen molar-refractivity contribution < 1.29 is 13.2 Å². The minimum absolute atomic E-state index is 0.0462. The molecule has 0 heterocycles. The summed E-state index contributed by atoms with van der Waals surface area (Å²) in [4.78, 5) is 0. The van der Waals surface area contributed by atoms with E-state index in [1.54, 1.807) is 18.2 Å². The molecule has 7 heteroatoms. The minimum atomic E-state index is -3.56. The molecular formula is C13H21N3O3S. The lowest BCUT2D eigenvalue weighted by atomic mass is 10.0. The molecule has 6 nitrogen and oxygen atoms in total. The third-order valence-corrected chi connectivity index (χ3v) is 4.18. The first-order chi connectivity index (χ1) is 9.06. The van der Waals surface area contributed by atoms with E-state index in [1.807, 2.05) is 20.8 Å². The van der Waals surface area contributed by atoms with Gasteiger partial charge in [0.05, 0.1) is 12.9 Å². The number of nitrogens with two attached hydrogens (primary N) is 1. The number of para-hydroxylation sites is 1. The van der Waals surface area contributed by atoms with Crippen LogP contribution in [0.4, 0.5) is 5.69 Å². The molecule has 0 bridgehead atoms. The standard InChI is InChI=1S/C13H21N3O3S/c1-13(2,3)8-20(17,18)16-11-9(12(14)15)6-5-7-10(11)19-4/h5-7,16H,8H2,1-4H3,(H3,14,15). The smallest absolute Gasteiger partial charge is 0.233 e. The molecule has 0 aliphatic heterocycles. The molecule has 0 radical (unpaired) electrons. The summed E-state index contributed by atoms with van der Waals surface area (Å²) in [6.07, 6.45) is 0. The second-order valence-corrected chi connectivity index (χ2v) is 7.44. The van der Waals surface area contributed by atoms with Crippen LogP contribution < -0.4 is 15.2 Å². The zero-order chi connectivity index (χ0) is 15.6. The average Bonchev–Trinajstić information content (AvgIpc) is 2.24. The number of amidine groups is 1. The lowest BCUT2D eigenvalue weighted by Gasteiger charge is -2.20. The molecule has 112 valence electrons. The summed E-state index contributed by atoms with van der Waals surface area (Å²) in [7, 11) is -2.13. The maximum Gasteiger partial charge on any atom is 0.233 e. The van der Waals surface area contributed by atoms with Crippen molar-refractivity contribution in [3.8, 4) is 5.75 Å². The van der Waals surface area contributed by atoms with Crippen LogP contribution in [0.25, 0.3) is 0 Å². The highest BCUT2D eigenvalue weighted by Crippen LogP contribution is 2.30. The Labute approximate surface area is 119 Å². The molecule has 0 spiro atoms. The van der Waals surface area contributed by atoms with Crippen molar-refractivity contribution in [3.05, 3.63) is 23.8 Å². The fourth-order valence-electron chi connectivity index (χ4n) is 1.79. The van der Waals surface area contributed by atoms with Gasteiger partial charge in [0.2, 0.25) is 10.0 Å². The fourth-order valence-corrected chi connectivity index (χ4v) is 3.53. The van der Waals surface area contributed by atoms with Gasteiger partial charge in [-0.25, -0.2) is 8.42 Å². The fraction of sp³-hybridized carbons (Fsp3) is 0.462. The number of benzene rings is 1. The largest absolute Gasteiger partial charge is 0.495 e. The molecule has 0 saturated heterocycles. The van der Waals surface area contributed by atoms with Crippen LogP contribution in [0.3, 0.4) is 0 Å². The van der Waals surface area contributed by atoms with E-state index in [4.69, 9.17) is 15.9 Å². The first kappa shape index (κ1) is 16.3. The maximum absolute atomic E-state index is 12.2. The highest BCUT2D eigenvalue weighted by atomic mass is 32.2. The molecular weight excluding hydrogens is 278 g/mol. The number of nitrogen functional groups attached to an aromatic ring is 1. The number of sulfonamides is 1. The van der Waals surface area contributed by atoms with Crippen molar-refractivity contribution in [3.63, 3.8) is 0 Å². The van der Waals surface area contributed by atoms with Crippen molar-refractivity contribution >= 4 is 21.5 Å². The number of nitrogens with one attached hydrogen (secondary N) is 2. The Kier molecular flexibility index (Phi) is 4.65. The summed E-state index contributed by atoms with van der Waals surface area (Å²) in [6, 6.07) is 4.83. The van der Waals surface area contributed by atoms with Crippen molar-refractivity contribution in [2.45, 2.75) is 20.8 Å². The third kappa shape index (κ3) is 4.41. The van der Waals surface area contributed by atoms with Crippen LogP contribution in [-0.4, -0.2) is 27.1 Å². The summed E-state index contributed by atoms with van der Waals surface area (Å²) in [5.41, 5.74) is 5.59. The van der Waals surface area contributed by atoms with E-state index in [0.29, 0.717) is 11.3 Å². The molecule has 0 aliphatic rings. The third-order valence-electron chi connectivity index (χ3n) is 2.42. The monoisotopic (exact) mass is 299 g/mol. The van der Waals surface area contributed by atoms with Crippen LogP contribution >= 0.6 is 0 Å². The molecule has 0 atom stereocenters. The zero-order valence-corrected chi connectivity index (χ0v) is 13.0. The summed E-state index contributed by atoms with van der Waals surface area (Å²) in [6.45, 7) is 5.50. The summed E-state index contributed by atoms with van der Waals surface area (Å²) in [5, 5.41) is 7.52. The molecule has 0 amide bonds. The molecule has 1 aromatic carbocycles. The first-order valence-electron chi connectivity index (χ1n) is 6.07.